The van der Waals surface area contributed by atoms with Gasteiger partial charge in [-0.25, -0.2) is 14.4 Å². The fourth-order valence-corrected chi connectivity index (χ4v) is 3.72. The van der Waals surface area contributed by atoms with Crippen LogP contribution in [-0.4, -0.2) is 45.5 Å². The summed E-state index contributed by atoms with van der Waals surface area (Å²) >= 11 is 0. The molecule has 1 aliphatic heterocycles. The number of carbonyl (C=O) groups is 1. The highest BCUT2D eigenvalue weighted by molar-refractivity contribution is 5.95. The minimum Gasteiger partial charge on any atom is -0.481 e. The topological polar surface area (TPSA) is 84.0 Å². The molecule has 1 aromatic carbocycles. The van der Waals surface area contributed by atoms with Crippen LogP contribution in [0.15, 0.2) is 36.5 Å². The summed E-state index contributed by atoms with van der Waals surface area (Å²) in [6.45, 7) is 0.655. The number of likely N-dealkylation sites (tertiary alicyclic amines) is 1. The number of nitrogens with zero attached hydrogens (tertiary/aromatic N) is 5. The van der Waals surface area contributed by atoms with Gasteiger partial charge in [0.05, 0.1) is 24.6 Å². The number of alkyl halides is 3. The van der Waals surface area contributed by atoms with Crippen LogP contribution in [-0.2, 0) is 6.18 Å². The average Bonchev–Trinajstić information content (AvgIpc) is 3.47. The van der Waals surface area contributed by atoms with E-state index in [1.165, 1.54) is 30.2 Å². The molecule has 7 nitrogen and oxygen atoms in total. The molecule has 1 fully saturated rings. The Morgan fingerprint density at radius 2 is 1.91 bits per heavy atom. The third kappa shape index (κ3) is 4.11. The molecule has 33 heavy (non-hydrogen) atoms. The number of hydrogen-bond donors (Lipinski definition) is 0. The molecule has 0 atom stereocenters. The molecule has 1 aliphatic rings. The number of nitriles is 1. The van der Waals surface area contributed by atoms with Crippen molar-refractivity contribution < 1.29 is 27.1 Å². The zero-order valence-corrected chi connectivity index (χ0v) is 17.4. The monoisotopic (exact) mass is 459 g/mol. The van der Waals surface area contributed by atoms with Crippen LogP contribution in [0.5, 0.6) is 5.88 Å². The number of imidazole rings is 1. The highest BCUT2D eigenvalue weighted by atomic mass is 19.4. The summed E-state index contributed by atoms with van der Waals surface area (Å²) in [4.78, 5) is 22.3. The number of methoxy groups -OCH3 is 1. The van der Waals surface area contributed by atoms with Gasteiger partial charge in [-0.2, -0.15) is 18.4 Å². The van der Waals surface area contributed by atoms with E-state index in [1.54, 1.807) is 6.07 Å². The average molecular weight is 459 g/mol. The molecule has 1 amide bonds. The molecule has 170 valence electrons. The molecule has 1 saturated heterocycles. The van der Waals surface area contributed by atoms with E-state index in [4.69, 9.17) is 10.00 Å². The Bertz CT molecular complexity index is 1240. The van der Waals surface area contributed by atoms with Gasteiger partial charge < -0.3 is 9.64 Å². The molecule has 3 aromatic rings. The molecule has 0 aliphatic carbocycles. The maximum Gasteiger partial charge on any atom is 0.434 e. The lowest BCUT2D eigenvalue weighted by atomic mass is 10.1. The fourth-order valence-electron chi connectivity index (χ4n) is 3.72. The summed E-state index contributed by atoms with van der Waals surface area (Å²) in [5, 5.41) is 8.98. The van der Waals surface area contributed by atoms with Gasteiger partial charge in [0.15, 0.2) is 11.4 Å². The molecule has 0 unspecified atom stereocenters. The van der Waals surface area contributed by atoms with E-state index in [-0.39, 0.29) is 28.5 Å². The van der Waals surface area contributed by atoms with Crippen LogP contribution in [0.2, 0.25) is 0 Å². The number of hydrogen-bond acceptors (Lipinski definition) is 5. The predicted octanol–water partition coefficient (Wildman–Crippen LogP) is 4.21. The first-order valence-corrected chi connectivity index (χ1v) is 9.94. The lowest BCUT2D eigenvalue weighted by Crippen LogP contribution is -2.30. The molecule has 11 heteroatoms. The van der Waals surface area contributed by atoms with Crippen molar-refractivity contribution in [3.8, 4) is 29.0 Å². The molecule has 0 N–H and O–H groups in total. The van der Waals surface area contributed by atoms with Gasteiger partial charge >= 0.3 is 6.18 Å². The minimum atomic E-state index is -4.96. The number of rotatable bonds is 4. The van der Waals surface area contributed by atoms with E-state index in [1.807, 2.05) is 0 Å². The number of pyridine rings is 1. The van der Waals surface area contributed by atoms with Gasteiger partial charge in [-0.15, -0.1) is 0 Å². The Morgan fingerprint density at radius 3 is 2.45 bits per heavy atom. The van der Waals surface area contributed by atoms with E-state index in [9.17, 15) is 22.4 Å². The second kappa shape index (κ2) is 8.54. The quantitative estimate of drug-likeness (QED) is 0.546. The van der Waals surface area contributed by atoms with Crippen molar-refractivity contribution in [2.24, 2.45) is 0 Å². The Labute approximate surface area is 185 Å². The highest BCUT2D eigenvalue weighted by Crippen LogP contribution is 2.38. The molecule has 0 saturated carbocycles. The molecule has 0 spiro atoms. The number of ether oxygens (including phenoxy) is 1. The fraction of sp³-hybridized carbons (Fsp3) is 0.273. The molecule has 3 heterocycles. The van der Waals surface area contributed by atoms with Crippen molar-refractivity contribution in [1.29, 1.82) is 5.26 Å². The van der Waals surface area contributed by atoms with E-state index in [2.05, 4.69) is 9.97 Å². The van der Waals surface area contributed by atoms with Crippen molar-refractivity contribution in [3.63, 3.8) is 0 Å². The zero-order valence-electron chi connectivity index (χ0n) is 17.4. The van der Waals surface area contributed by atoms with E-state index < -0.39 is 29.3 Å². The molecule has 0 bridgehead atoms. The maximum atomic E-state index is 14.3. The van der Waals surface area contributed by atoms with Gasteiger partial charge in [-0.3, -0.25) is 9.36 Å². The van der Waals surface area contributed by atoms with Crippen molar-refractivity contribution >= 4 is 5.91 Å². The molecule has 0 radical (unpaired) electrons. The smallest absolute Gasteiger partial charge is 0.434 e. The van der Waals surface area contributed by atoms with Crippen molar-refractivity contribution in [3.05, 3.63) is 59.3 Å². The van der Waals surface area contributed by atoms with Gasteiger partial charge in [0.2, 0.25) is 5.88 Å². The van der Waals surface area contributed by atoms with Gasteiger partial charge in [0.1, 0.15) is 17.7 Å². The van der Waals surface area contributed by atoms with Gasteiger partial charge in [-0.05, 0) is 37.1 Å². The predicted molar refractivity (Wildman–Crippen MR) is 108 cm³/mol. The van der Waals surface area contributed by atoms with Crippen LogP contribution in [0.4, 0.5) is 17.6 Å². The summed E-state index contributed by atoms with van der Waals surface area (Å²) in [5.41, 5.74) is -2.41. The normalized spacial score (nSPS) is 13.8. The number of halogens is 4. The van der Waals surface area contributed by atoms with Gasteiger partial charge in [0.25, 0.3) is 5.91 Å². The number of benzene rings is 1. The first-order valence-electron chi connectivity index (χ1n) is 9.94. The standard InChI is InChI=1S/C22H17F4N5O2/c1-33-17-7-6-15(12-28-17)31-19(22(24,25)26)18(21(32)30-8-2-3-9-30)29-20(31)13-4-5-14(11-27)16(23)10-13/h4-7,10,12H,2-3,8-9H2,1H3. The molecule has 2 aromatic heterocycles. The largest absolute Gasteiger partial charge is 0.481 e. The third-order valence-electron chi connectivity index (χ3n) is 5.28. The van der Waals surface area contributed by atoms with Crippen LogP contribution in [0.1, 0.15) is 34.6 Å². The molecule has 4 rings (SSSR count). The lowest BCUT2D eigenvalue weighted by Gasteiger charge is -2.17. The summed E-state index contributed by atoms with van der Waals surface area (Å²) in [7, 11) is 1.36. The Kier molecular flexibility index (Phi) is 5.76. The van der Waals surface area contributed by atoms with Crippen LogP contribution < -0.4 is 4.74 Å². The summed E-state index contributed by atoms with van der Waals surface area (Å²) in [5.74, 6) is -1.90. The Hall–Kier alpha value is -3.94. The number of carbonyl (C=O) groups excluding carboxylic acids is 1. The number of amides is 1. The van der Waals surface area contributed by atoms with Crippen LogP contribution >= 0.6 is 0 Å². The van der Waals surface area contributed by atoms with Gasteiger partial charge in [-0.1, -0.05) is 0 Å². The van der Waals surface area contributed by atoms with Crippen molar-refractivity contribution in [1.82, 2.24) is 19.4 Å². The zero-order chi connectivity index (χ0) is 23.8. The van der Waals surface area contributed by atoms with E-state index >= 15 is 0 Å². The first-order chi connectivity index (χ1) is 15.7. The Balaban J connectivity index is 2.00. The molecular formula is C22H17F4N5O2. The van der Waals surface area contributed by atoms with Crippen LogP contribution in [0, 0.1) is 17.1 Å². The summed E-state index contributed by atoms with van der Waals surface area (Å²) in [6, 6.07) is 7.69. The minimum absolute atomic E-state index is 0.0340. The van der Waals surface area contributed by atoms with E-state index in [0.717, 1.165) is 22.9 Å². The van der Waals surface area contributed by atoms with Crippen molar-refractivity contribution in [2.45, 2.75) is 19.0 Å². The first kappa shape index (κ1) is 22.3. The lowest BCUT2D eigenvalue weighted by molar-refractivity contribution is -0.142. The van der Waals surface area contributed by atoms with E-state index in [0.29, 0.717) is 25.9 Å². The highest BCUT2D eigenvalue weighted by Gasteiger charge is 2.43. The summed E-state index contributed by atoms with van der Waals surface area (Å²) < 4.78 is 63.0. The summed E-state index contributed by atoms with van der Waals surface area (Å²) in [6.07, 6.45) is -2.45. The van der Waals surface area contributed by atoms with Crippen molar-refractivity contribution in [2.75, 3.05) is 20.2 Å². The third-order valence-corrected chi connectivity index (χ3v) is 5.28. The SMILES string of the molecule is COc1ccc(-n2c(-c3ccc(C#N)c(F)c3)nc(C(=O)N3CCCC3)c2C(F)(F)F)cn1. The van der Waals surface area contributed by atoms with Crippen LogP contribution in [0.25, 0.3) is 17.1 Å². The molecular weight excluding hydrogens is 442 g/mol. The number of aromatic nitrogens is 3. The Morgan fingerprint density at radius 1 is 1.18 bits per heavy atom. The van der Waals surface area contributed by atoms with Crippen LogP contribution in [0.3, 0.4) is 0 Å². The van der Waals surface area contributed by atoms with Gasteiger partial charge in [0, 0.05) is 24.7 Å². The maximum absolute atomic E-state index is 14.3. The second-order valence-corrected chi connectivity index (χ2v) is 7.33. The second-order valence-electron chi connectivity index (χ2n) is 7.33.